The summed E-state index contributed by atoms with van der Waals surface area (Å²) in [6.07, 6.45) is 1.36. The molecule has 8 heteroatoms. The molecule has 1 N–H and O–H groups in total. The molecular formula is C19H26N4O3S. The highest BCUT2D eigenvalue weighted by Crippen LogP contribution is 2.28. The van der Waals surface area contributed by atoms with Gasteiger partial charge in [-0.25, -0.2) is 8.42 Å². The number of para-hydroxylation sites is 1. The number of amides is 1. The maximum atomic E-state index is 13.1. The number of aryl methyl sites for hydroxylation is 2. The maximum Gasteiger partial charge on any atom is 0.246 e. The van der Waals surface area contributed by atoms with E-state index < -0.39 is 10.0 Å². The van der Waals surface area contributed by atoms with E-state index in [1.807, 2.05) is 37.3 Å². The Morgan fingerprint density at radius 2 is 2.00 bits per heavy atom. The number of carbonyl (C=O) groups excluding carboxylic acids is 1. The molecule has 1 atom stereocenters. The molecule has 0 bridgehead atoms. The first kappa shape index (κ1) is 19.6. The minimum Gasteiger partial charge on any atom is -0.312 e. The van der Waals surface area contributed by atoms with Gasteiger partial charge in [-0.2, -0.15) is 9.40 Å². The summed E-state index contributed by atoms with van der Waals surface area (Å²) in [5, 5.41) is 6.74. The van der Waals surface area contributed by atoms with E-state index in [2.05, 4.69) is 10.2 Å². The van der Waals surface area contributed by atoms with Crippen LogP contribution in [0.1, 0.15) is 31.2 Å². The molecule has 146 valence electrons. The topological polar surface area (TPSA) is 86.4 Å². The summed E-state index contributed by atoms with van der Waals surface area (Å²) in [7, 11) is -3.67. The van der Waals surface area contributed by atoms with Crippen LogP contribution in [0.4, 0.5) is 5.69 Å². The minimum absolute atomic E-state index is 0.0239. The summed E-state index contributed by atoms with van der Waals surface area (Å²) in [5.41, 5.74) is 1.83. The number of nitrogens with one attached hydrogen (secondary N) is 1. The monoisotopic (exact) mass is 390 g/mol. The summed E-state index contributed by atoms with van der Waals surface area (Å²) in [4.78, 5) is 15.1. The molecule has 1 aliphatic rings. The number of aromatic nitrogens is 2. The lowest BCUT2D eigenvalue weighted by atomic mass is 9.97. The number of hydrogen-bond donors (Lipinski definition) is 1. The predicted octanol–water partition coefficient (Wildman–Crippen LogP) is 2.48. The maximum absolute atomic E-state index is 13.1. The third-order valence-electron chi connectivity index (χ3n) is 5.04. The second kappa shape index (κ2) is 7.82. The highest BCUT2D eigenvalue weighted by Gasteiger charge is 2.37. The zero-order chi connectivity index (χ0) is 19.6. The molecule has 1 aromatic heterocycles. The van der Waals surface area contributed by atoms with Crippen LogP contribution in [0.15, 0.2) is 35.2 Å². The van der Waals surface area contributed by atoms with Gasteiger partial charge in [0.25, 0.3) is 0 Å². The largest absolute Gasteiger partial charge is 0.312 e. The smallest absolute Gasteiger partial charge is 0.246 e. The SMILES string of the molecule is CCN(C(=O)C1CCCN(S(=O)(=O)c2c(C)n[nH]c2C)C1)c1ccccc1. The molecule has 0 radical (unpaired) electrons. The van der Waals surface area contributed by atoms with Crippen LogP contribution in [0.5, 0.6) is 0 Å². The molecule has 27 heavy (non-hydrogen) atoms. The van der Waals surface area contributed by atoms with Crippen LogP contribution in [-0.2, 0) is 14.8 Å². The molecule has 3 rings (SSSR count). The van der Waals surface area contributed by atoms with Crippen molar-refractivity contribution in [2.75, 3.05) is 24.5 Å². The zero-order valence-electron chi connectivity index (χ0n) is 16.0. The number of sulfonamides is 1. The summed E-state index contributed by atoms with van der Waals surface area (Å²) in [6, 6.07) is 9.50. The van der Waals surface area contributed by atoms with Gasteiger partial charge in [0, 0.05) is 25.3 Å². The molecule has 2 heterocycles. The molecule has 1 aromatic carbocycles. The van der Waals surface area contributed by atoms with Crippen molar-refractivity contribution in [1.82, 2.24) is 14.5 Å². The molecule has 1 saturated heterocycles. The van der Waals surface area contributed by atoms with Crippen LogP contribution >= 0.6 is 0 Å². The summed E-state index contributed by atoms with van der Waals surface area (Å²) >= 11 is 0. The molecule has 2 aromatic rings. The number of aromatic amines is 1. The van der Waals surface area contributed by atoms with Gasteiger partial charge in [0.15, 0.2) is 0 Å². The number of H-pyrrole nitrogens is 1. The highest BCUT2D eigenvalue weighted by molar-refractivity contribution is 7.89. The van der Waals surface area contributed by atoms with Gasteiger partial charge < -0.3 is 4.90 Å². The molecule has 0 spiro atoms. The van der Waals surface area contributed by atoms with Crippen LogP contribution in [0.2, 0.25) is 0 Å². The van der Waals surface area contributed by atoms with Gasteiger partial charge in [0.05, 0.1) is 17.3 Å². The Kier molecular flexibility index (Phi) is 5.67. The molecule has 0 saturated carbocycles. The molecule has 1 unspecified atom stereocenters. The molecule has 1 fully saturated rings. The Labute approximate surface area is 160 Å². The first-order chi connectivity index (χ1) is 12.9. The Hall–Kier alpha value is -2.19. The minimum atomic E-state index is -3.67. The van der Waals surface area contributed by atoms with Crippen molar-refractivity contribution in [3.8, 4) is 0 Å². The summed E-state index contributed by atoms with van der Waals surface area (Å²) in [5.74, 6) is -0.370. The molecule has 7 nitrogen and oxygen atoms in total. The number of rotatable bonds is 5. The number of benzene rings is 1. The van der Waals surface area contributed by atoms with E-state index in [1.54, 1.807) is 18.7 Å². The summed E-state index contributed by atoms with van der Waals surface area (Å²) in [6.45, 7) is 6.49. The van der Waals surface area contributed by atoms with Crippen LogP contribution in [0.25, 0.3) is 0 Å². The Bertz CT molecular complexity index is 889. The quantitative estimate of drug-likeness (QED) is 0.850. The van der Waals surface area contributed by atoms with Crippen molar-refractivity contribution in [2.45, 2.75) is 38.5 Å². The van der Waals surface area contributed by atoms with Gasteiger partial charge in [-0.05, 0) is 45.7 Å². The third kappa shape index (κ3) is 3.77. The lowest BCUT2D eigenvalue weighted by Gasteiger charge is -2.34. The van der Waals surface area contributed by atoms with Crippen molar-refractivity contribution in [3.05, 3.63) is 41.7 Å². The van der Waals surface area contributed by atoms with Crippen LogP contribution in [0.3, 0.4) is 0 Å². The van der Waals surface area contributed by atoms with Gasteiger partial charge in [-0.1, -0.05) is 18.2 Å². The van der Waals surface area contributed by atoms with Gasteiger partial charge >= 0.3 is 0 Å². The lowest BCUT2D eigenvalue weighted by molar-refractivity contribution is -0.123. The standard InChI is InChI=1S/C19H26N4O3S/c1-4-23(17-10-6-5-7-11-17)19(24)16-9-8-12-22(13-16)27(25,26)18-14(2)20-21-15(18)3/h5-7,10-11,16H,4,8-9,12-13H2,1-3H3,(H,20,21). The van der Waals surface area contributed by atoms with Gasteiger partial charge in [-0.3, -0.25) is 9.89 Å². The van der Waals surface area contributed by atoms with Crippen LogP contribution in [-0.4, -0.2) is 48.5 Å². The second-order valence-corrected chi connectivity index (χ2v) is 8.76. The van der Waals surface area contributed by atoms with Crippen LogP contribution < -0.4 is 4.90 Å². The van der Waals surface area contributed by atoms with E-state index in [9.17, 15) is 13.2 Å². The van der Waals surface area contributed by atoms with E-state index in [0.29, 0.717) is 37.3 Å². The third-order valence-corrected chi connectivity index (χ3v) is 7.17. The van der Waals surface area contributed by atoms with E-state index >= 15 is 0 Å². The number of anilines is 1. The van der Waals surface area contributed by atoms with Crippen molar-refractivity contribution in [2.24, 2.45) is 5.92 Å². The van der Waals surface area contributed by atoms with Gasteiger partial charge in [0.2, 0.25) is 15.9 Å². The van der Waals surface area contributed by atoms with Gasteiger partial charge in [-0.15, -0.1) is 0 Å². The van der Waals surface area contributed by atoms with Gasteiger partial charge in [0.1, 0.15) is 4.90 Å². The zero-order valence-corrected chi connectivity index (χ0v) is 16.8. The Morgan fingerprint density at radius 1 is 1.30 bits per heavy atom. The molecular weight excluding hydrogens is 364 g/mol. The first-order valence-corrected chi connectivity index (χ1v) is 10.7. The second-order valence-electron chi connectivity index (χ2n) is 6.88. The van der Waals surface area contributed by atoms with E-state index in [-0.39, 0.29) is 23.3 Å². The van der Waals surface area contributed by atoms with E-state index in [0.717, 1.165) is 5.69 Å². The van der Waals surface area contributed by atoms with Crippen molar-refractivity contribution in [1.29, 1.82) is 0 Å². The molecule has 1 amide bonds. The fraction of sp³-hybridized carbons (Fsp3) is 0.474. The molecule has 1 aliphatic heterocycles. The van der Waals surface area contributed by atoms with Crippen molar-refractivity contribution in [3.63, 3.8) is 0 Å². The first-order valence-electron chi connectivity index (χ1n) is 9.24. The van der Waals surface area contributed by atoms with Crippen molar-refractivity contribution >= 4 is 21.6 Å². The summed E-state index contributed by atoms with van der Waals surface area (Å²) < 4.78 is 27.7. The predicted molar refractivity (Wildman–Crippen MR) is 104 cm³/mol. The van der Waals surface area contributed by atoms with Crippen LogP contribution in [0, 0.1) is 19.8 Å². The fourth-order valence-electron chi connectivity index (χ4n) is 3.71. The van der Waals surface area contributed by atoms with E-state index in [1.165, 1.54) is 4.31 Å². The molecule has 0 aliphatic carbocycles. The number of hydrogen-bond acceptors (Lipinski definition) is 4. The van der Waals surface area contributed by atoms with E-state index in [4.69, 9.17) is 0 Å². The number of nitrogens with zero attached hydrogens (tertiary/aromatic N) is 3. The number of carbonyl (C=O) groups is 1. The Morgan fingerprint density at radius 3 is 2.59 bits per heavy atom. The highest BCUT2D eigenvalue weighted by atomic mass is 32.2. The number of piperidine rings is 1. The normalized spacial score (nSPS) is 18.4. The average Bonchev–Trinajstić information content (AvgIpc) is 3.02. The van der Waals surface area contributed by atoms with Crippen molar-refractivity contribution < 1.29 is 13.2 Å². The Balaban J connectivity index is 1.82. The lowest BCUT2D eigenvalue weighted by Crippen LogP contribution is -2.47. The average molecular weight is 391 g/mol. The fourth-order valence-corrected chi connectivity index (χ4v) is 5.56.